The molecule has 0 bridgehead atoms. The highest BCUT2D eigenvalue weighted by Gasteiger charge is 2.44. The van der Waals surface area contributed by atoms with E-state index in [1.165, 1.54) is 6.07 Å². The van der Waals surface area contributed by atoms with Gasteiger partial charge in [0.1, 0.15) is 5.82 Å². The maximum absolute atomic E-state index is 13.5. The lowest BCUT2D eigenvalue weighted by Crippen LogP contribution is -2.41. The van der Waals surface area contributed by atoms with Gasteiger partial charge in [0.05, 0.1) is 0 Å². The third-order valence-electron chi connectivity index (χ3n) is 4.92. The Balaban J connectivity index is 0.00000243. The summed E-state index contributed by atoms with van der Waals surface area (Å²) in [5.41, 5.74) is 1.07. The first-order valence-corrected chi connectivity index (χ1v) is 9.11. The van der Waals surface area contributed by atoms with Crippen LogP contribution >= 0.6 is 24.0 Å². The largest absolute Gasteiger partial charge is 0.356 e. The second kappa shape index (κ2) is 9.53. The maximum atomic E-state index is 13.5. The highest BCUT2D eigenvalue weighted by molar-refractivity contribution is 14.0. The molecular weight excluding hydrogens is 446 g/mol. The molecule has 0 atom stereocenters. The van der Waals surface area contributed by atoms with E-state index in [1.807, 2.05) is 6.07 Å². The lowest BCUT2D eigenvalue weighted by Gasteiger charge is -2.19. The monoisotopic (exact) mass is 474 g/mol. The van der Waals surface area contributed by atoms with Gasteiger partial charge in [-0.3, -0.25) is 9.79 Å². The van der Waals surface area contributed by atoms with E-state index in [0.29, 0.717) is 19.0 Å². The van der Waals surface area contributed by atoms with Crippen molar-refractivity contribution in [1.82, 2.24) is 16.0 Å². The van der Waals surface area contributed by atoms with Crippen molar-refractivity contribution in [1.29, 1.82) is 0 Å². The summed E-state index contributed by atoms with van der Waals surface area (Å²) >= 11 is 0. The number of hydrogen-bond donors (Lipinski definition) is 3. The summed E-state index contributed by atoms with van der Waals surface area (Å²) in [7, 11) is 1.73. The summed E-state index contributed by atoms with van der Waals surface area (Å²) in [4.78, 5) is 15.9. The average Bonchev–Trinajstić information content (AvgIpc) is 3.50. The Morgan fingerprint density at radius 3 is 2.69 bits per heavy atom. The van der Waals surface area contributed by atoms with Gasteiger partial charge in [-0.05, 0) is 49.8 Å². The summed E-state index contributed by atoms with van der Waals surface area (Å²) in [6.45, 7) is 1.43. The number of nitrogens with zero attached hydrogens (tertiary/aromatic N) is 1. The fourth-order valence-corrected chi connectivity index (χ4v) is 2.99. The quantitative estimate of drug-likeness (QED) is 0.235. The molecule has 3 rings (SSSR count). The number of hydrogen-bond acceptors (Lipinski definition) is 2. The van der Waals surface area contributed by atoms with E-state index in [-0.39, 0.29) is 41.1 Å². The first kappa shape index (κ1) is 20.9. The molecule has 0 aliphatic heterocycles. The van der Waals surface area contributed by atoms with Crippen molar-refractivity contribution >= 4 is 35.8 Å². The molecule has 1 aromatic carbocycles. The zero-order valence-electron chi connectivity index (χ0n) is 15.2. The molecule has 2 aliphatic carbocycles. The van der Waals surface area contributed by atoms with Crippen molar-refractivity contribution in [3.8, 4) is 0 Å². The molecule has 0 saturated heterocycles. The standard InChI is InChI=1S/C19H27FN4O.HI/c1-21-18(22-11-3-6-17(25)24-16-7-8-16)23-13-19(9-10-19)14-4-2-5-15(20)12-14;/h2,4-5,12,16H,3,6-11,13H2,1H3,(H,24,25)(H2,21,22,23);1H. The SMILES string of the molecule is CN=C(NCCCC(=O)NC1CC1)NCC1(c2cccc(F)c2)CC1.I. The number of guanidine groups is 1. The van der Waals surface area contributed by atoms with Gasteiger partial charge in [-0.25, -0.2) is 4.39 Å². The molecule has 2 saturated carbocycles. The highest BCUT2D eigenvalue weighted by Crippen LogP contribution is 2.47. The molecule has 1 aromatic rings. The van der Waals surface area contributed by atoms with Gasteiger partial charge in [-0.2, -0.15) is 0 Å². The van der Waals surface area contributed by atoms with Crippen LogP contribution in [0, 0.1) is 5.82 Å². The van der Waals surface area contributed by atoms with Crippen molar-refractivity contribution < 1.29 is 9.18 Å². The van der Waals surface area contributed by atoms with Crippen molar-refractivity contribution in [3.63, 3.8) is 0 Å². The summed E-state index contributed by atoms with van der Waals surface area (Å²) in [5, 5.41) is 9.57. The molecule has 144 valence electrons. The van der Waals surface area contributed by atoms with E-state index in [9.17, 15) is 9.18 Å². The molecule has 2 fully saturated rings. The lowest BCUT2D eigenvalue weighted by atomic mass is 9.96. The Hall–Kier alpha value is -1.38. The van der Waals surface area contributed by atoms with Crippen LogP contribution in [0.1, 0.15) is 44.1 Å². The van der Waals surface area contributed by atoms with E-state index in [2.05, 4.69) is 20.9 Å². The van der Waals surface area contributed by atoms with Crippen LogP contribution in [0.2, 0.25) is 0 Å². The number of halogens is 2. The van der Waals surface area contributed by atoms with Crippen LogP contribution in [0.5, 0.6) is 0 Å². The van der Waals surface area contributed by atoms with E-state index in [1.54, 1.807) is 19.2 Å². The summed E-state index contributed by atoms with van der Waals surface area (Å²) in [5.74, 6) is 0.677. The number of carbonyl (C=O) groups excluding carboxylic acids is 1. The number of rotatable bonds is 8. The fraction of sp³-hybridized carbons (Fsp3) is 0.579. The Labute approximate surface area is 171 Å². The van der Waals surface area contributed by atoms with E-state index in [4.69, 9.17) is 0 Å². The normalized spacial score (nSPS) is 17.8. The number of benzene rings is 1. The topological polar surface area (TPSA) is 65.5 Å². The molecular formula is C19H28FIN4O. The van der Waals surface area contributed by atoms with Crippen molar-refractivity contribution in [2.75, 3.05) is 20.1 Å². The Morgan fingerprint density at radius 1 is 1.31 bits per heavy atom. The Kier molecular flexibility index (Phi) is 7.67. The van der Waals surface area contributed by atoms with Crippen LogP contribution in [0.15, 0.2) is 29.3 Å². The predicted octanol–water partition coefficient (Wildman–Crippen LogP) is 2.70. The number of aliphatic imine (C=N–C) groups is 1. The zero-order chi connectivity index (χ0) is 17.7. The average molecular weight is 474 g/mol. The molecule has 0 radical (unpaired) electrons. The molecule has 7 heteroatoms. The molecule has 26 heavy (non-hydrogen) atoms. The maximum Gasteiger partial charge on any atom is 0.220 e. The number of carbonyl (C=O) groups is 1. The van der Waals surface area contributed by atoms with Crippen LogP contribution in [0.25, 0.3) is 0 Å². The summed E-state index contributed by atoms with van der Waals surface area (Å²) in [6.07, 6.45) is 5.66. The van der Waals surface area contributed by atoms with Crippen molar-refractivity contribution in [2.24, 2.45) is 4.99 Å². The minimum absolute atomic E-state index is 0. The van der Waals surface area contributed by atoms with Crippen LogP contribution in [0.3, 0.4) is 0 Å². The van der Waals surface area contributed by atoms with Gasteiger partial charge in [-0.15, -0.1) is 24.0 Å². The highest BCUT2D eigenvalue weighted by atomic mass is 127. The predicted molar refractivity (Wildman–Crippen MR) is 112 cm³/mol. The van der Waals surface area contributed by atoms with E-state index >= 15 is 0 Å². The van der Waals surface area contributed by atoms with Gasteiger partial charge in [-0.1, -0.05) is 12.1 Å². The first-order valence-electron chi connectivity index (χ1n) is 9.11. The second-order valence-corrected chi connectivity index (χ2v) is 7.09. The Morgan fingerprint density at radius 2 is 2.08 bits per heavy atom. The van der Waals surface area contributed by atoms with Crippen molar-refractivity contribution in [2.45, 2.75) is 50.0 Å². The smallest absolute Gasteiger partial charge is 0.220 e. The fourth-order valence-electron chi connectivity index (χ4n) is 2.99. The summed E-state index contributed by atoms with van der Waals surface area (Å²) < 4.78 is 13.5. The minimum atomic E-state index is -0.184. The van der Waals surface area contributed by atoms with Crippen LogP contribution in [0.4, 0.5) is 4.39 Å². The third kappa shape index (κ3) is 6.10. The molecule has 0 unspecified atom stereocenters. The molecule has 0 spiro atoms. The van der Waals surface area contributed by atoms with Crippen molar-refractivity contribution in [3.05, 3.63) is 35.6 Å². The molecule has 3 N–H and O–H groups in total. The zero-order valence-corrected chi connectivity index (χ0v) is 17.5. The molecule has 2 aliphatic rings. The summed E-state index contributed by atoms with van der Waals surface area (Å²) in [6, 6.07) is 7.29. The molecule has 0 heterocycles. The molecule has 1 amide bonds. The van der Waals surface area contributed by atoms with E-state index < -0.39 is 0 Å². The third-order valence-corrected chi connectivity index (χ3v) is 4.92. The van der Waals surface area contributed by atoms with Gasteiger partial charge in [0, 0.05) is 38.0 Å². The van der Waals surface area contributed by atoms with E-state index in [0.717, 1.165) is 50.2 Å². The number of nitrogens with one attached hydrogen (secondary N) is 3. The van der Waals surface area contributed by atoms with Gasteiger partial charge in [0.2, 0.25) is 5.91 Å². The van der Waals surface area contributed by atoms with Gasteiger partial charge >= 0.3 is 0 Å². The van der Waals surface area contributed by atoms with Gasteiger partial charge in [0.25, 0.3) is 0 Å². The number of amides is 1. The second-order valence-electron chi connectivity index (χ2n) is 7.09. The minimum Gasteiger partial charge on any atom is -0.356 e. The Bertz CT molecular complexity index is 644. The van der Waals surface area contributed by atoms with Gasteiger partial charge in [0.15, 0.2) is 5.96 Å². The lowest BCUT2D eigenvalue weighted by molar-refractivity contribution is -0.121. The van der Waals surface area contributed by atoms with Crippen LogP contribution < -0.4 is 16.0 Å². The first-order chi connectivity index (χ1) is 12.1. The molecule has 0 aromatic heterocycles. The van der Waals surface area contributed by atoms with Crippen LogP contribution in [-0.4, -0.2) is 38.0 Å². The van der Waals surface area contributed by atoms with Gasteiger partial charge < -0.3 is 16.0 Å². The molecule has 5 nitrogen and oxygen atoms in total. The van der Waals surface area contributed by atoms with Crippen LogP contribution in [-0.2, 0) is 10.2 Å².